The smallest absolute Gasteiger partial charge is 0.256 e. The number of rotatable bonds is 3. The first kappa shape index (κ1) is 14.1. The quantitative estimate of drug-likeness (QED) is 0.634. The Labute approximate surface area is 110 Å². The molecule has 0 heterocycles. The number of halogens is 3. The van der Waals surface area contributed by atoms with Crippen molar-refractivity contribution in [1.29, 1.82) is 10.5 Å². The summed E-state index contributed by atoms with van der Waals surface area (Å²) in [7, 11) is 0. The van der Waals surface area contributed by atoms with Crippen molar-refractivity contribution in [3.05, 3.63) is 33.8 Å². The highest BCUT2D eigenvalue weighted by Gasteiger charge is 2.20. The predicted octanol–water partition coefficient (Wildman–Crippen LogP) is 2.22. The predicted molar refractivity (Wildman–Crippen MR) is 61.2 cm³/mol. The van der Waals surface area contributed by atoms with Gasteiger partial charge in [0.2, 0.25) is 0 Å². The monoisotopic (exact) mass is 313 g/mol. The molecule has 0 radical (unpaired) electrons. The van der Waals surface area contributed by atoms with Crippen LogP contribution in [-0.4, -0.2) is 23.9 Å². The molecule has 0 N–H and O–H groups in total. The van der Waals surface area contributed by atoms with E-state index in [-0.39, 0.29) is 23.1 Å². The van der Waals surface area contributed by atoms with Gasteiger partial charge in [0.15, 0.2) is 11.6 Å². The molecule has 1 rings (SSSR count). The third-order valence-corrected chi connectivity index (χ3v) is 2.71. The van der Waals surface area contributed by atoms with Crippen LogP contribution in [0.4, 0.5) is 8.78 Å². The Morgan fingerprint density at radius 3 is 2.22 bits per heavy atom. The van der Waals surface area contributed by atoms with Gasteiger partial charge in [-0.25, -0.2) is 8.78 Å². The zero-order valence-corrected chi connectivity index (χ0v) is 10.5. The number of hydrogen-bond donors (Lipinski definition) is 0. The van der Waals surface area contributed by atoms with Gasteiger partial charge in [-0.1, -0.05) is 0 Å². The number of nitriles is 2. The van der Waals surface area contributed by atoms with Crippen molar-refractivity contribution in [2.45, 2.75) is 0 Å². The third-order valence-electron chi connectivity index (χ3n) is 2.05. The van der Waals surface area contributed by atoms with Gasteiger partial charge in [-0.15, -0.1) is 0 Å². The van der Waals surface area contributed by atoms with Gasteiger partial charge in [0.1, 0.15) is 13.1 Å². The average molecular weight is 314 g/mol. The first-order chi connectivity index (χ1) is 8.51. The number of carbonyl (C=O) groups is 1. The van der Waals surface area contributed by atoms with Crippen LogP contribution in [0.25, 0.3) is 0 Å². The molecule has 0 unspecified atom stereocenters. The van der Waals surface area contributed by atoms with Crippen molar-refractivity contribution in [1.82, 2.24) is 4.90 Å². The molecular weight excluding hydrogens is 308 g/mol. The maximum Gasteiger partial charge on any atom is 0.256 e. The van der Waals surface area contributed by atoms with E-state index in [0.717, 1.165) is 17.0 Å². The molecule has 0 aliphatic rings. The zero-order valence-electron chi connectivity index (χ0n) is 8.95. The van der Waals surface area contributed by atoms with Gasteiger partial charge < -0.3 is 4.90 Å². The highest BCUT2D eigenvalue weighted by molar-refractivity contribution is 9.10. The lowest BCUT2D eigenvalue weighted by atomic mass is 10.2. The number of hydrogen-bond acceptors (Lipinski definition) is 3. The molecule has 0 aromatic heterocycles. The molecule has 0 aliphatic carbocycles. The van der Waals surface area contributed by atoms with Gasteiger partial charge in [-0.3, -0.25) is 4.79 Å². The first-order valence-corrected chi connectivity index (χ1v) is 5.48. The fourth-order valence-corrected chi connectivity index (χ4v) is 1.71. The number of carbonyl (C=O) groups excluding carboxylic acids is 1. The second kappa shape index (κ2) is 6.08. The van der Waals surface area contributed by atoms with E-state index >= 15 is 0 Å². The van der Waals surface area contributed by atoms with E-state index < -0.39 is 17.5 Å². The summed E-state index contributed by atoms with van der Waals surface area (Å²) in [5.41, 5.74) is -0.139. The van der Waals surface area contributed by atoms with Gasteiger partial charge >= 0.3 is 0 Å². The number of nitrogens with zero attached hydrogens (tertiary/aromatic N) is 3. The van der Waals surface area contributed by atoms with Crippen molar-refractivity contribution < 1.29 is 13.6 Å². The topological polar surface area (TPSA) is 67.9 Å². The molecule has 0 fully saturated rings. The Morgan fingerprint density at radius 1 is 1.22 bits per heavy atom. The average Bonchev–Trinajstić information content (AvgIpc) is 2.33. The van der Waals surface area contributed by atoms with E-state index in [1.807, 2.05) is 0 Å². The molecule has 0 aliphatic heterocycles. The van der Waals surface area contributed by atoms with Crippen LogP contribution in [0, 0.1) is 34.3 Å². The molecule has 0 saturated carbocycles. The summed E-state index contributed by atoms with van der Waals surface area (Å²) in [5, 5.41) is 17.1. The summed E-state index contributed by atoms with van der Waals surface area (Å²) in [6.45, 7) is -0.615. The first-order valence-electron chi connectivity index (χ1n) is 4.69. The van der Waals surface area contributed by atoms with Crippen LogP contribution in [-0.2, 0) is 0 Å². The number of amides is 1. The lowest BCUT2D eigenvalue weighted by molar-refractivity contribution is 0.0793. The Kier molecular flexibility index (Phi) is 4.75. The van der Waals surface area contributed by atoms with Gasteiger partial charge in [0.05, 0.1) is 17.7 Å². The molecule has 0 spiro atoms. The highest BCUT2D eigenvalue weighted by Crippen LogP contribution is 2.22. The van der Waals surface area contributed by atoms with Crippen LogP contribution in [0.3, 0.4) is 0 Å². The molecule has 0 bridgehead atoms. The van der Waals surface area contributed by atoms with Crippen LogP contribution in [0.5, 0.6) is 0 Å². The van der Waals surface area contributed by atoms with Gasteiger partial charge in [-0.05, 0) is 28.1 Å². The lowest BCUT2D eigenvalue weighted by Gasteiger charge is -2.16. The molecule has 92 valence electrons. The molecule has 1 amide bonds. The summed E-state index contributed by atoms with van der Waals surface area (Å²) in [4.78, 5) is 12.8. The second-order valence-electron chi connectivity index (χ2n) is 3.22. The van der Waals surface area contributed by atoms with Crippen molar-refractivity contribution in [3.63, 3.8) is 0 Å². The Hall–Kier alpha value is -1.99. The van der Waals surface area contributed by atoms with Gasteiger partial charge in [0.25, 0.3) is 5.91 Å². The molecular formula is C11H6BrF2N3O. The molecule has 4 nitrogen and oxygen atoms in total. The standard InChI is InChI=1S/C11H6BrF2N3O/c12-8-6-10(14)9(13)5-7(8)11(18)17(3-1-15)4-2-16/h5-6H,3-4H2. The van der Waals surface area contributed by atoms with E-state index in [1.165, 1.54) is 0 Å². The van der Waals surface area contributed by atoms with Crippen LogP contribution in [0.2, 0.25) is 0 Å². The maximum absolute atomic E-state index is 13.1. The van der Waals surface area contributed by atoms with Crippen molar-refractivity contribution in [2.75, 3.05) is 13.1 Å². The zero-order chi connectivity index (χ0) is 13.7. The fraction of sp³-hybridized carbons (Fsp3) is 0.182. The molecule has 1 aromatic rings. The number of benzene rings is 1. The Bertz CT molecular complexity index is 547. The van der Waals surface area contributed by atoms with Crippen LogP contribution in [0.1, 0.15) is 10.4 Å². The molecule has 18 heavy (non-hydrogen) atoms. The SMILES string of the molecule is N#CCN(CC#N)C(=O)c1cc(F)c(F)cc1Br. The molecule has 1 aromatic carbocycles. The minimum Gasteiger partial charge on any atom is -0.312 e. The highest BCUT2D eigenvalue weighted by atomic mass is 79.9. The Balaban J connectivity index is 3.14. The van der Waals surface area contributed by atoms with E-state index in [1.54, 1.807) is 12.1 Å². The van der Waals surface area contributed by atoms with Crippen molar-refractivity contribution in [3.8, 4) is 12.1 Å². The van der Waals surface area contributed by atoms with Crippen LogP contribution < -0.4 is 0 Å². The molecule has 0 saturated heterocycles. The van der Waals surface area contributed by atoms with Crippen LogP contribution >= 0.6 is 15.9 Å². The van der Waals surface area contributed by atoms with Gasteiger partial charge in [0, 0.05) is 4.47 Å². The van der Waals surface area contributed by atoms with E-state index in [2.05, 4.69) is 15.9 Å². The summed E-state index contributed by atoms with van der Waals surface area (Å²) >= 11 is 2.93. The molecule has 7 heteroatoms. The summed E-state index contributed by atoms with van der Waals surface area (Å²) < 4.78 is 26.0. The molecule has 0 atom stereocenters. The minimum absolute atomic E-state index is 0.0623. The van der Waals surface area contributed by atoms with Crippen LogP contribution in [0.15, 0.2) is 16.6 Å². The van der Waals surface area contributed by atoms with E-state index in [4.69, 9.17) is 10.5 Å². The fourth-order valence-electron chi connectivity index (χ4n) is 1.23. The summed E-state index contributed by atoms with van der Waals surface area (Å²) in [6, 6.07) is 4.98. The summed E-state index contributed by atoms with van der Waals surface area (Å²) in [6.07, 6.45) is 0. The second-order valence-corrected chi connectivity index (χ2v) is 4.08. The third kappa shape index (κ3) is 3.02. The van der Waals surface area contributed by atoms with Crippen molar-refractivity contribution in [2.24, 2.45) is 0 Å². The maximum atomic E-state index is 13.1. The Morgan fingerprint density at radius 2 is 1.72 bits per heavy atom. The van der Waals surface area contributed by atoms with Gasteiger partial charge in [-0.2, -0.15) is 10.5 Å². The van der Waals surface area contributed by atoms with E-state index in [0.29, 0.717) is 0 Å². The van der Waals surface area contributed by atoms with Crippen molar-refractivity contribution >= 4 is 21.8 Å². The van der Waals surface area contributed by atoms with E-state index in [9.17, 15) is 13.6 Å². The minimum atomic E-state index is -1.17. The lowest BCUT2D eigenvalue weighted by Crippen LogP contribution is -2.32. The normalized spacial score (nSPS) is 9.39. The largest absolute Gasteiger partial charge is 0.312 e. The summed E-state index contributed by atoms with van der Waals surface area (Å²) in [5.74, 6) is -2.98.